The van der Waals surface area contributed by atoms with E-state index in [1.165, 1.54) is 0 Å². The molecule has 0 aliphatic carbocycles. The van der Waals surface area contributed by atoms with Gasteiger partial charge in [0, 0.05) is 13.7 Å². The van der Waals surface area contributed by atoms with Crippen molar-refractivity contribution in [3.05, 3.63) is 0 Å². The summed E-state index contributed by atoms with van der Waals surface area (Å²) < 4.78 is 9.79. The van der Waals surface area contributed by atoms with Gasteiger partial charge in [-0.15, -0.1) is 0 Å². The van der Waals surface area contributed by atoms with Gasteiger partial charge in [-0.1, -0.05) is 0 Å². The molecule has 0 amide bonds. The fraction of sp³-hybridized carbons (Fsp3) is 0.857. The molecule has 12 heavy (non-hydrogen) atoms. The second-order valence-electron chi connectivity index (χ2n) is 2.17. The highest BCUT2D eigenvalue weighted by atomic mass is 17.1. The van der Waals surface area contributed by atoms with E-state index in [2.05, 4.69) is 4.89 Å². The predicted octanol–water partition coefficient (Wildman–Crippen LogP) is 0.446. The SMILES string of the molecule is COCCOCCCC(=O)OO. The summed E-state index contributed by atoms with van der Waals surface area (Å²) in [6.45, 7) is 1.54. The summed E-state index contributed by atoms with van der Waals surface area (Å²) in [4.78, 5) is 13.8. The molecule has 0 unspecified atom stereocenters. The van der Waals surface area contributed by atoms with Crippen LogP contribution in [0.15, 0.2) is 0 Å². The molecule has 0 heterocycles. The van der Waals surface area contributed by atoms with Gasteiger partial charge in [-0.3, -0.25) is 0 Å². The van der Waals surface area contributed by atoms with E-state index < -0.39 is 5.97 Å². The Morgan fingerprint density at radius 3 is 2.67 bits per heavy atom. The maximum atomic E-state index is 10.3. The normalized spacial score (nSPS) is 9.83. The third-order valence-electron chi connectivity index (χ3n) is 1.20. The van der Waals surface area contributed by atoms with Crippen LogP contribution in [-0.4, -0.2) is 38.2 Å². The zero-order valence-electron chi connectivity index (χ0n) is 7.12. The largest absolute Gasteiger partial charge is 0.382 e. The highest BCUT2D eigenvalue weighted by Gasteiger charge is 2.00. The van der Waals surface area contributed by atoms with Crippen LogP contribution in [0.3, 0.4) is 0 Å². The minimum absolute atomic E-state index is 0.170. The fourth-order valence-electron chi connectivity index (χ4n) is 0.609. The van der Waals surface area contributed by atoms with Gasteiger partial charge in [-0.05, 0) is 6.42 Å². The van der Waals surface area contributed by atoms with Crippen LogP contribution in [-0.2, 0) is 19.2 Å². The molecule has 0 bridgehead atoms. The first kappa shape index (κ1) is 11.4. The number of methoxy groups -OCH3 is 1. The Morgan fingerprint density at radius 2 is 2.08 bits per heavy atom. The van der Waals surface area contributed by atoms with E-state index in [1.54, 1.807) is 7.11 Å². The number of carbonyl (C=O) groups excluding carboxylic acids is 1. The average Bonchev–Trinajstić information content (AvgIpc) is 2.10. The second-order valence-corrected chi connectivity index (χ2v) is 2.17. The number of hydrogen-bond acceptors (Lipinski definition) is 5. The lowest BCUT2D eigenvalue weighted by Crippen LogP contribution is -2.06. The standard InChI is InChI=1S/C7H14O5/c1-10-5-6-11-4-2-3-7(8)12-9/h9H,2-6H2,1H3. The van der Waals surface area contributed by atoms with Crippen molar-refractivity contribution >= 4 is 5.97 Å². The number of carbonyl (C=O) groups is 1. The average molecular weight is 178 g/mol. The lowest BCUT2D eigenvalue weighted by Gasteiger charge is -2.01. The van der Waals surface area contributed by atoms with Gasteiger partial charge in [0.05, 0.1) is 19.6 Å². The zero-order chi connectivity index (χ0) is 9.23. The molecule has 0 rings (SSSR count). The summed E-state index contributed by atoms with van der Waals surface area (Å²) in [5, 5.41) is 7.87. The van der Waals surface area contributed by atoms with Crippen molar-refractivity contribution in [2.24, 2.45) is 0 Å². The summed E-state index contributed by atoms with van der Waals surface area (Å²) in [7, 11) is 1.59. The first-order valence-corrected chi connectivity index (χ1v) is 3.72. The minimum atomic E-state index is -0.634. The van der Waals surface area contributed by atoms with Crippen molar-refractivity contribution in [1.29, 1.82) is 0 Å². The fourth-order valence-corrected chi connectivity index (χ4v) is 0.609. The van der Waals surface area contributed by atoms with Crippen molar-refractivity contribution in [2.45, 2.75) is 12.8 Å². The Hall–Kier alpha value is -0.650. The Bertz CT molecular complexity index is 114. The van der Waals surface area contributed by atoms with Crippen LogP contribution < -0.4 is 0 Å². The number of rotatable bonds is 7. The molecule has 0 fully saturated rings. The third kappa shape index (κ3) is 7.46. The van der Waals surface area contributed by atoms with Crippen molar-refractivity contribution in [3.8, 4) is 0 Å². The summed E-state index contributed by atoms with van der Waals surface area (Å²) in [6.07, 6.45) is 0.715. The molecular formula is C7H14O5. The van der Waals surface area contributed by atoms with E-state index in [1.807, 2.05) is 0 Å². The minimum Gasteiger partial charge on any atom is -0.382 e. The van der Waals surface area contributed by atoms with Gasteiger partial charge in [-0.2, -0.15) is 5.26 Å². The van der Waals surface area contributed by atoms with Crippen LogP contribution >= 0.6 is 0 Å². The summed E-state index contributed by atoms with van der Waals surface area (Å²) in [5.74, 6) is -0.634. The summed E-state index contributed by atoms with van der Waals surface area (Å²) >= 11 is 0. The lowest BCUT2D eigenvalue weighted by molar-refractivity contribution is -0.234. The molecule has 0 aromatic heterocycles. The van der Waals surface area contributed by atoms with E-state index in [0.717, 1.165) is 0 Å². The van der Waals surface area contributed by atoms with Gasteiger partial charge in [0.15, 0.2) is 0 Å². The van der Waals surface area contributed by atoms with Crippen LogP contribution in [0, 0.1) is 0 Å². The van der Waals surface area contributed by atoms with Crippen LogP contribution in [0.25, 0.3) is 0 Å². The van der Waals surface area contributed by atoms with E-state index in [9.17, 15) is 4.79 Å². The quantitative estimate of drug-likeness (QED) is 0.348. The molecule has 0 radical (unpaired) electrons. The van der Waals surface area contributed by atoms with Gasteiger partial charge in [0.25, 0.3) is 0 Å². The van der Waals surface area contributed by atoms with Gasteiger partial charge < -0.3 is 14.4 Å². The van der Waals surface area contributed by atoms with E-state index in [-0.39, 0.29) is 6.42 Å². The van der Waals surface area contributed by atoms with E-state index >= 15 is 0 Å². The van der Waals surface area contributed by atoms with Crippen LogP contribution in [0.5, 0.6) is 0 Å². The third-order valence-corrected chi connectivity index (χ3v) is 1.20. The Balaban J connectivity index is 2.95. The molecule has 0 saturated heterocycles. The van der Waals surface area contributed by atoms with Gasteiger partial charge in [0.2, 0.25) is 0 Å². The number of hydrogen-bond donors (Lipinski definition) is 1. The maximum Gasteiger partial charge on any atom is 0.342 e. The summed E-state index contributed by atoms with van der Waals surface area (Å²) in [6, 6.07) is 0. The van der Waals surface area contributed by atoms with Crippen molar-refractivity contribution in [3.63, 3.8) is 0 Å². The molecule has 1 N–H and O–H groups in total. The zero-order valence-corrected chi connectivity index (χ0v) is 7.12. The maximum absolute atomic E-state index is 10.3. The second kappa shape index (κ2) is 8.45. The molecule has 0 spiro atoms. The molecule has 0 aliphatic heterocycles. The van der Waals surface area contributed by atoms with Crippen LogP contribution in [0.4, 0.5) is 0 Å². The van der Waals surface area contributed by atoms with Crippen LogP contribution in [0.1, 0.15) is 12.8 Å². The molecule has 0 aliphatic rings. The lowest BCUT2D eigenvalue weighted by atomic mass is 10.3. The first-order chi connectivity index (χ1) is 5.81. The summed E-state index contributed by atoms with van der Waals surface area (Å²) in [5.41, 5.74) is 0. The van der Waals surface area contributed by atoms with Gasteiger partial charge in [0.1, 0.15) is 0 Å². The molecule has 0 aromatic rings. The molecule has 5 nitrogen and oxygen atoms in total. The molecule has 0 atom stereocenters. The highest BCUT2D eigenvalue weighted by molar-refractivity contribution is 5.68. The Labute approximate surface area is 71.2 Å². The van der Waals surface area contributed by atoms with Crippen molar-refractivity contribution in [2.75, 3.05) is 26.9 Å². The highest BCUT2D eigenvalue weighted by Crippen LogP contribution is 1.91. The molecule has 0 aromatic carbocycles. The predicted molar refractivity (Wildman–Crippen MR) is 40.6 cm³/mol. The smallest absolute Gasteiger partial charge is 0.342 e. The first-order valence-electron chi connectivity index (χ1n) is 3.72. The van der Waals surface area contributed by atoms with E-state index in [4.69, 9.17) is 14.7 Å². The number of ether oxygens (including phenoxy) is 2. The van der Waals surface area contributed by atoms with Crippen LogP contribution in [0.2, 0.25) is 0 Å². The Kier molecular flexibility index (Phi) is 7.99. The monoisotopic (exact) mass is 178 g/mol. The molecule has 0 saturated carbocycles. The molecular weight excluding hydrogens is 164 g/mol. The Morgan fingerprint density at radius 1 is 1.33 bits per heavy atom. The molecule has 5 heteroatoms. The van der Waals surface area contributed by atoms with Crippen molar-refractivity contribution in [1.82, 2.24) is 0 Å². The molecule has 72 valence electrons. The van der Waals surface area contributed by atoms with Gasteiger partial charge >= 0.3 is 5.97 Å². The van der Waals surface area contributed by atoms with Crippen molar-refractivity contribution < 1.29 is 24.4 Å². The van der Waals surface area contributed by atoms with E-state index in [0.29, 0.717) is 26.2 Å². The van der Waals surface area contributed by atoms with Gasteiger partial charge in [-0.25, -0.2) is 4.79 Å². The topological polar surface area (TPSA) is 65.0 Å².